The van der Waals surface area contributed by atoms with Crippen LogP contribution in [0.2, 0.25) is 0 Å². The lowest BCUT2D eigenvalue weighted by molar-refractivity contribution is -0.136. The molecule has 8 heteroatoms. The second kappa shape index (κ2) is 10.5. The summed E-state index contributed by atoms with van der Waals surface area (Å²) in [7, 11) is 0. The number of nitrogens with one attached hydrogen (secondary N) is 1. The molecule has 0 radical (unpaired) electrons. The molecule has 2 rings (SSSR count). The van der Waals surface area contributed by atoms with Gasteiger partial charge in [-0.05, 0) is 57.9 Å². The normalized spacial score (nSPS) is 15.5. The number of hydrogen-bond donors (Lipinski definition) is 1. The predicted octanol–water partition coefficient (Wildman–Crippen LogP) is 2.92. The van der Waals surface area contributed by atoms with E-state index in [9.17, 15) is 14.4 Å². The van der Waals surface area contributed by atoms with Crippen molar-refractivity contribution in [1.82, 2.24) is 15.1 Å². The largest absolute Gasteiger partial charge is 0.494 e. The second-order valence-corrected chi connectivity index (χ2v) is 8.95. The van der Waals surface area contributed by atoms with Crippen molar-refractivity contribution >= 4 is 17.9 Å². The molecule has 0 spiro atoms. The first-order valence-electron chi connectivity index (χ1n) is 10.8. The van der Waals surface area contributed by atoms with Crippen molar-refractivity contribution in [3.05, 3.63) is 29.8 Å². The van der Waals surface area contributed by atoms with Crippen LogP contribution in [0.4, 0.5) is 4.79 Å². The molecule has 1 aromatic rings. The van der Waals surface area contributed by atoms with Gasteiger partial charge in [0, 0.05) is 31.7 Å². The Morgan fingerprint density at radius 1 is 1.00 bits per heavy atom. The number of hydrogen-bond acceptors (Lipinski definition) is 5. The van der Waals surface area contributed by atoms with Crippen LogP contribution in [0.1, 0.15) is 51.9 Å². The summed E-state index contributed by atoms with van der Waals surface area (Å²) in [5.41, 5.74) is -0.0885. The Morgan fingerprint density at radius 3 is 2.03 bits per heavy atom. The summed E-state index contributed by atoms with van der Waals surface area (Å²) in [6.07, 6.45) is -0.371. The first-order valence-corrected chi connectivity index (χ1v) is 10.8. The van der Waals surface area contributed by atoms with Crippen molar-refractivity contribution < 1.29 is 23.9 Å². The second-order valence-electron chi connectivity index (χ2n) is 8.95. The molecule has 1 saturated heterocycles. The van der Waals surface area contributed by atoms with Crippen LogP contribution in [0.3, 0.4) is 0 Å². The Morgan fingerprint density at radius 2 is 1.55 bits per heavy atom. The van der Waals surface area contributed by atoms with Crippen molar-refractivity contribution in [1.29, 1.82) is 0 Å². The molecule has 1 aromatic carbocycles. The van der Waals surface area contributed by atoms with E-state index in [0.29, 0.717) is 44.1 Å². The van der Waals surface area contributed by atoms with E-state index in [1.165, 1.54) is 0 Å². The molecule has 0 unspecified atom stereocenters. The van der Waals surface area contributed by atoms with Gasteiger partial charge in [0.1, 0.15) is 17.4 Å². The summed E-state index contributed by atoms with van der Waals surface area (Å²) >= 11 is 0. The van der Waals surface area contributed by atoms with Crippen molar-refractivity contribution in [2.75, 3.05) is 32.8 Å². The van der Waals surface area contributed by atoms with Gasteiger partial charge in [-0.1, -0.05) is 13.8 Å². The number of nitrogens with zero attached hydrogens (tertiary/aromatic N) is 2. The minimum Gasteiger partial charge on any atom is -0.494 e. The van der Waals surface area contributed by atoms with E-state index in [1.54, 1.807) is 34.1 Å². The average Bonchev–Trinajstić information content (AvgIpc) is 2.71. The number of piperazine rings is 1. The van der Waals surface area contributed by atoms with Gasteiger partial charge in [0.2, 0.25) is 5.91 Å². The summed E-state index contributed by atoms with van der Waals surface area (Å²) in [5, 5.41) is 2.87. The van der Waals surface area contributed by atoms with Crippen LogP contribution in [-0.4, -0.2) is 72.1 Å². The van der Waals surface area contributed by atoms with Crippen LogP contribution < -0.4 is 10.1 Å². The third kappa shape index (κ3) is 7.15. The van der Waals surface area contributed by atoms with Crippen molar-refractivity contribution in [3.8, 4) is 5.75 Å². The molecule has 0 aliphatic carbocycles. The lowest BCUT2D eigenvalue weighted by Gasteiger charge is -2.37. The highest BCUT2D eigenvalue weighted by molar-refractivity contribution is 5.97. The number of ether oxygens (including phenoxy) is 2. The summed E-state index contributed by atoms with van der Waals surface area (Å²) in [6, 6.07) is 6.19. The molecule has 0 bridgehead atoms. The molecule has 1 aliphatic heterocycles. The highest BCUT2D eigenvalue weighted by Crippen LogP contribution is 2.16. The smallest absolute Gasteiger partial charge is 0.410 e. The van der Waals surface area contributed by atoms with Gasteiger partial charge in [0.15, 0.2) is 0 Å². The minimum atomic E-state index is -0.646. The molecule has 1 heterocycles. The first kappa shape index (κ1) is 24.5. The fraction of sp³-hybridized carbons (Fsp3) is 0.609. The molecule has 1 atom stereocenters. The van der Waals surface area contributed by atoms with Crippen molar-refractivity contribution in [3.63, 3.8) is 0 Å². The molecule has 1 aliphatic rings. The van der Waals surface area contributed by atoms with Crippen LogP contribution in [0.25, 0.3) is 0 Å². The Hall–Kier alpha value is -2.77. The van der Waals surface area contributed by atoms with Gasteiger partial charge in [0.05, 0.1) is 6.61 Å². The lowest BCUT2D eigenvalue weighted by Crippen LogP contribution is -2.57. The van der Waals surface area contributed by atoms with Crippen LogP contribution >= 0.6 is 0 Å². The third-order valence-electron chi connectivity index (χ3n) is 4.89. The number of amides is 3. The predicted molar refractivity (Wildman–Crippen MR) is 118 cm³/mol. The number of rotatable bonds is 6. The zero-order chi connectivity index (χ0) is 23.2. The fourth-order valence-corrected chi connectivity index (χ4v) is 3.24. The number of carbonyl (C=O) groups is 3. The molecule has 8 nitrogen and oxygen atoms in total. The maximum absolute atomic E-state index is 13.1. The Balaban J connectivity index is 1.96. The van der Waals surface area contributed by atoms with Gasteiger partial charge in [-0.2, -0.15) is 0 Å². The third-order valence-corrected chi connectivity index (χ3v) is 4.89. The van der Waals surface area contributed by atoms with Gasteiger partial charge in [-0.25, -0.2) is 4.79 Å². The highest BCUT2D eigenvalue weighted by Gasteiger charge is 2.33. The maximum atomic E-state index is 13.1. The van der Waals surface area contributed by atoms with Gasteiger partial charge in [-0.15, -0.1) is 0 Å². The zero-order valence-corrected chi connectivity index (χ0v) is 19.4. The van der Waals surface area contributed by atoms with E-state index in [4.69, 9.17) is 9.47 Å². The molecular weight excluding hydrogens is 398 g/mol. The minimum absolute atomic E-state index is 0.0805. The molecule has 0 saturated carbocycles. The molecule has 31 heavy (non-hydrogen) atoms. The summed E-state index contributed by atoms with van der Waals surface area (Å²) in [6.45, 7) is 13.3. The zero-order valence-electron chi connectivity index (χ0n) is 19.4. The Kier molecular flexibility index (Phi) is 8.30. The molecule has 0 aromatic heterocycles. The fourth-order valence-electron chi connectivity index (χ4n) is 3.24. The van der Waals surface area contributed by atoms with E-state index < -0.39 is 11.6 Å². The van der Waals surface area contributed by atoms with Crippen LogP contribution in [0.5, 0.6) is 5.75 Å². The van der Waals surface area contributed by atoms with Gasteiger partial charge < -0.3 is 24.6 Å². The van der Waals surface area contributed by atoms with E-state index >= 15 is 0 Å². The van der Waals surface area contributed by atoms with E-state index in [-0.39, 0.29) is 23.8 Å². The lowest BCUT2D eigenvalue weighted by atomic mass is 10.0. The molecule has 1 fully saturated rings. The molecule has 1 N–H and O–H groups in total. The van der Waals surface area contributed by atoms with Crippen LogP contribution in [0, 0.1) is 5.92 Å². The summed E-state index contributed by atoms with van der Waals surface area (Å²) < 4.78 is 10.8. The van der Waals surface area contributed by atoms with Crippen molar-refractivity contribution in [2.45, 2.75) is 53.2 Å². The van der Waals surface area contributed by atoms with Crippen molar-refractivity contribution in [2.24, 2.45) is 5.92 Å². The monoisotopic (exact) mass is 433 g/mol. The van der Waals surface area contributed by atoms with Crippen LogP contribution in [0.15, 0.2) is 24.3 Å². The van der Waals surface area contributed by atoms with E-state index in [0.717, 1.165) is 0 Å². The number of carbonyl (C=O) groups excluding carboxylic acids is 3. The Labute approximate surface area is 184 Å². The van der Waals surface area contributed by atoms with Gasteiger partial charge in [0.25, 0.3) is 5.91 Å². The van der Waals surface area contributed by atoms with E-state index in [1.807, 2.05) is 41.5 Å². The molecule has 3 amide bonds. The quantitative estimate of drug-likeness (QED) is 0.745. The molecular formula is C23H35N3O5. The maximum Gasteiger partial charge on any atom is 0.410 e. The first-order chi connectivity index (χ1) is 14.5. The summed E-state index contributed by atoms with van der Waals surface area (Å²) in [5.74, 6) is 0.169. The van der Waals surface area contributed by atoms with Gasteiger partial charge >= 0.3 is 6.09 Å². The SMILES string of the molecule is CCOc1ccc(C(=O)N[C@@H](C(=O)N2CCN(C(=O)OC(C)(C)C)CC2)C(C)C)cc1. The van der Waals surface area contributed by atoms with Crippen LogP contribution in [-0.2, 0) is 9.53 Å². The molecule has 172 valence electrons. The van der Waals surface area contributed by atoms with E-state index in [2.05, 4.69) is 5.32 Å². The average molecular weight is 434 g/mol. The number of benzene rings is 1. The highest BCUT2D eigenvalue weighted by atomic mass is 16.6. The topological polar surface area (TPSA) is 88.2 Å². The summed E-state index contributed by atoms with van der Waals surface area (Å²) in [4.78, 5) is 41.3. The standard InChI is InChI=1S/C23H35N3O5/c1-7-30-18-10-8-17(9-11-18)20(27)24-19(16(2)3)21(28)25-12-14-26(15-13-25)22(29)31-23(4,5)6/h8-11,16,19H,7,12-15H2,1-6H3,(H,24,27)/t19-/m1/s1. The Bertz CT molecular complexity index is 762. The van der Waals surface area contributed by atoms with Gasteiger partial charge in [-0.3, -0.25) is 9.59 Å².